The molecule has 0 aliphatic heterocycles. The zero-order valence-electron chi connectivity index (χ0n) is 5.91. The molecule has 0 spiro atoms. The third-order valence-electron chi connectivity index (χ3n) is 0.762. The number of hydrogen-bond acceptors (Lipinski definition) is 1. The Hall–Kier alpha value is 2.28. The summed E-state index contributed by atoms with van der Waals surface area (Å²) < 4.78 is 0. The molecule has 0 aliphatic carbocycles. The first-order valence-electron chi connectivity index (χ1n) is 3.09. The third-order valence-corrected chi connectivity index (χ3v) is 0.762. The first kappa shape index (κ1) is 14.8. The van der Waals surface area contributed by atoms with E-state index in [0.717, 1.165) is 12.8 Å². The number of hydrogen-bond donors (Lipinski definition) is 1. The van der Waals surface area contributed by atoms with Crippen LogP contribution in [0.15, 0.2) is 0 Å². The second-order valence-corrected chi connectivity index (χ2v) is 35.7. The molecule has 0 fully saturated rings. The van der Waals surface area contributed by atoms with Crippen molar-refractivity contribution in [2.75, 3.05) is 6.61 Å². The van der Waals surface area contributed by atoms with Gasteiger partial charge in [-0.1, -0.05) is 19.8 Å². The molecule has 0 aliphatic rings. The minimum atomic E-state index is -1.11. The van der Waals surface area contributed by atoms with Crippen molar-refractivity contribution in [3.63, 3.8) is 0 Å². The summed E-state index contributed by atoms with van der Waals surface area (Å²) in [5.74, 6) is 0. The summed E-state index contributed by atoms with van der Waals surface area (Å²) in [6.07, 6.45) is 3.33. The zero-order chi connectivity index (χ0) is 8.41. The summed E-state index contributed by atoms with van der Waals surface area (Å²) in [4.78, 5) is 0. The van der Waals surface area contributed by atoms with Crippen LogP contribution in [0.2, 0.25) is 0 Å². The maximum absolute atomic E-state index is 8.20. The van der Waals surface area contributed by atoms with Crippen LogP contribution in [0.25, 0.3) is 0 Å². The molecular weight excluding hydrogens is 407 g/mol. The van der Waals surface area contributed by atoms with E-state index in [1.54, 1.807) is 0 Å². The number of rotatable bonds is 3. The van der Waals surface area contributed by atoms with Crippen LogP contribution in [0.1, 0.15) is 26.2 Å². The molecule has 10 heavy (non-hydrogen) atoms. The van der Waals surface area contributed by atoms with Crippen LogP contribution in [0.5, 0.6) is 0 Å². The fraction of sp³-hybridized carbons (Fsp3) is 1.00. The Balaban J connectivity index is 0. The zero-order valence-corrected chi connectivity index (χ0v) is 13.1. The van der Waals surface area contributed by atoms with Crippen LogP contribution in [0.3, 0.4) is 0 Å². The molecule has 1 N–H and O–H groups in total. The first-order chi connectivity index (χ1) is 4.65. The first-order valence-corrected chi connectivity index (χ1v) is 20.0. The van der Waals surface area contributed by atoms with Crippen LogP contribution in [-0.2, 0) is 14.7 Å². The van der Waals surface area contributed by atoms with Gasteiger partial charge in [-0.15, -0.1) is 0 Å². The van der Waals surface area contributed by atoms with Gasteiger partial charge in [0.15, 0.2) is 0 Å². The summed E-state index contributed by atoms with van der Waals surface area (Å²) >= 11 is 8.80. The second-order valence-electron chi connectivity index (χ2n) is 1.64. The molecule has 0 aromatic rings. The standard InChI is InChI=1S/C5H12O.3BrH.Zr/c1-2-3-4-5-6;;;;/h6H,2-5H2,1H3;3*1H;/q;;;;+3/p-3. The summed E-state index contributed by atoms with van der Waals surface area (Å²) in [5.41, 5.74) is 0. The van der Waals surface area contributed by atoms with Crippen LogP contribution >= 0.6 is 36.7 Å². The van der Waals surface area contributed by atoms with E-state index >= 15 is 0 Å². The van der Waals surface area contributed by atoms with Gasteiger partial charge in [0.25, 0.3) is 0 Å². The molecule has 0 aromatic carbocycles. The van der Waals surface area contributed by atoms with E-state index in [1.807, 2.05) is 0 Å². The van der Waals surface area contributed by atoms with Gasteiger partial charge in [0.05, 0.1) is 0 Å². The molecule has 0 rings (SSSR count). The summed E-state index contributed by atoms with van der Waals surface area (Å²) in [7, 11) is 0. The van der Waals surface area contributed by atoms with Crippen LogP contribution in [0.4, 0.5) is 0 Å². The van der Waals surface area contributed by atoms with E-state index in [2.05, 4.69) is 43.6 Å². The van der Waals surface area contributed by atoms with E-state index in [1.165, 1.54) is 6.42 Å². The van der Waals surface area contributed by atoms with Gasteiger partial charge in [0, 0.05) is 6.61 Å². The van der Waals surface area contributed by atoms with Gasteiger partial charge < -0.3 is 5.11 Å². The van der Waals surface area contributed by atoms with Crippen molar-refractivity contribution in [3.05, 3.63) is 0 Å². The van der Waals surface area contributed by atoms with Crippen molar-refractivity contribution >= 4 is 36.7 Å². The Kier molecular flexibility index (Phi) is 20.5. The second kappa shape index (κ2) is 13.8. The van der Waals surface area contributed by atoms with Gasteiger partial charge in [0.1, 0.15) is 0 Å². The topological polar surface area (TPSA) is 20.2 Å². The maximum atomic E-state index is 8.20. The Bertz CT molecular complexity index is 47.4. The van der Waals surface area contributed by atoms with Crippen molar-refractivity contribution in [2.45, 2.75) is 26.2 Å². The molecule has 5 heteroatoms. The van der Waals surface area contributed by atoms with Gasteiger partial charge >= 0.3 is 51.4 Å². The fourth-order valence-electron chi connectivity index (χ4n) is 0.362. The Morgan fingerprint density at radius 2 is 1.60 bits per heavy atom. The van der Waals surface area contributed by atoms with Crippen molar-refractivity contribution in [1.29, 1.82) is 0 Å². The summed E-state index contributed by atoms with van der Waals surface area (Å²) in [5, 5.41) is 8.20. The number of halogens is 3. The predicted octanol–water partition coefficient (Wildman–Crippen LogP) is 3.70. The molecule has 0 heterocycles. The fourth-order valence-corrected chi connectivity index (χ4v) is 0.362. The monoisotopic (exact) mass is 415 g/mol. The molecule has 0 atom stereocenters. The molecule has 0 saturated heterocycles. The minimum absolute atomic E-state index is 0.355. The molecule has 63 valence electrons. The summed E-state index contributed by atoms with van der Waals surface area (Å²) in [6, 6.07) is 0. The number of aliphatic hydroxyl groups is 1. The molecule has 0 saturated carbocycles. The van der Waals surface area contributed by atoms with Gasteiger partial charge in [-0.3, -0.25) is 0 Å². The molecule has 0 unspecified atom stereocenters. The number of aliphatic hydroxyl groups excluding tert-OH is 1. The van der Waals surface area contributed by atoms with Crippen molar-refractivity contribution < 1.29 is 19.8 Å². The van der Waals surface area contributed by atoms with E-state index in [-0.39, 0.29) is 0 Å². The van der Waals surface area contributed by atoms with E-state index in [9.17, 15) is 0 Å². The predicted molar refractivity (Wildman–Crippen MR) is 53.4 cm³/mol. The van der Waals surface area contributed by atoms with Gasteiger partial charge in [0.2, 0.25) is 0 Å². The van der Waals surface area contributed by atoms with Crippen molar-refractivity contribution in [2.24, 2.45) is 0 Å². The van der Waals surface area contributed by atoms with Gasteiger partial charge in [-0.2, -0.15) is 0 Å². The van der Waals surface area contributed by atoms with Gasteiger partial charge in [-0.05, 0) is 6.42 Å². The Labute approximate surface area is 88.0 Å². The SMILES string of the molecule is CCCCCO.[Br][Zr]([Br])[Br]. The Morgan fingerprint density at radius 3 is 1.70 bits per heavy atom. The molecule has 0 amide bonds. The molecule has 0 radical (unpaired) electrons. The van der Waals surface area contributed by atoms with Crippen LogP contribution < -0.4 is 0 Å². The van der Waals surface area contributed by atoms with Gasteiger partial charge in [-0.25, -0.2) is 0 Å². The summed E-state index contributed by atoms with van der Waals surface area (Å²) in [6.45, 7) is 2.48. The molecule has 0 bridgehead atoms. The molecule has 0 aromatic heterocycles. The van der Waals surface area contributed by atoms with Crippen LogP contribution in [-0.4, -0.2) is 11.7 Å². The van der Waals surface area contributed by atoms with Crippen molar-refractivity contribution in [1.82, 2.24) is 0 Å². The Morgan fingerprint density at radius 1 is 1.20 bits per heavy atom. The van der Waals surface area contributed by atoms with Crippen LogP contribution in [0, 0.1) is 0 Å². The van der Waals surface area contributed by atoms with Crippen molar-refractivity contribution in [3.8, 4) is 0 Å². The molecular formula is C5H12Br3OZr. The third kappa shape index (κ3) is 31.7. The normalized spacial score (nSPS) is 8.10. The average molecular weight is 419 g/mol. The molecule has 1 nitrogen and oxygen atoms in total. The average Bonchev–Trinajstić information content (AvgIpc) is 1.82. The number of unbranched alkanes of at least 4 members (excludes halogenated alkanes) is 2. The quantitative estimate of drug-likeness (QED) is 0.693. The van der Waals surface area contributed by atoms with E-state index < -0.39 is 14.7 Å². The van der Waals surface area contributed by atoms with E-state index in [0.29, 0.717) is 6.61 Å². The van der Waals surface area contributed by atoms with E-state index in [4.69, 9.17) is 5.11 Å².